The Morgan fingerprint density at radius 3 is 2.62 bits per heavy atom. The number of hydrogen-bond donors (Lipinski definition) is 1. The Morgan fingerprint density at radius 1 is 1.38 bits per heavy atom. The lowest BCUT2D eigenvalue weighted by Gasteiger charge is -2.17. The van der Waals surface area contributed by atoms with E-state index in [2.05, 4.69) is 10.2 Å². The lowest BCUT2D eigenvalue weighted by atomic mass is 10.2. The highest BCUT2D eigenvalue weighted by atomic mass is 16.2. The molecule has 2 heterocycles. The van der Waals surface area contributed by atoms with Gasteiger partial charge in [0.25, 0.3) is 11.5 Å². The molecule has 0 radical (unpaired) electrons. The van der Waals surface area contributed by atoms with Crippen molar-refractivity contribution in [1.82, 2.24) is 24.2 Å². The second-order valence-corrected chi connectivity index (χ2v) is 4.98. The SMILES string of the molecule is Cc1[nH]ncc1C(=O)N(C)Cc1cn(C)c(=O)n(C)c1=O. The topological polar surface area (TPSA) is 93.0 Å². The van der Waals surface area contributed by atoms with Crippen LogP contribution in [0, 0.1) is 6.92 Å². The first kappa shape index (κ1) is 14.8. The molecule has 112 valence electrons. The Hall–Kier alpha value is -2.64. The van der Waals surface area contributed by atoms with Gasteiger partial charge in [0.1, 0.15) is 0 Å². The summed E-state index contributed by atoms with van der Waals surface area (Å²) in [6.07, 6.45) is 2.91. The van der Waals surface area contributed by atoms with E-state index in [1.165, 1.54) is 28.9 Å². The van der Waals surface area contributed by atoms with Gasteiger partial charge in [0, 0.05) is 33.0 Å². The van der Waals surface area contributed by atoms with E-state index in [9.17, 15) is 14.4 Å². The maximum Gasteiger partial charge on any atom is 0.330 e. The van der Waals surface area contributed by atoms with Crippen LogP contribution in [0.5, 0.6) is 0 Å². The van der Waals surface area contributed by atoms with Crippen molar-refractivity contribution >= 4 is 5.91 Å². The Morgan fingerprint density at radius 2 is 2.05 bits per heavy atom. The molecule has 0 spiro atoms. The fourth-order valence-corrected chi connectivity index (χ4v) is 2.09. The normalized spacial score (nSPS) is 10.7. The predicted molar refractivity (Wildman–Crippen MR) is 76.0 cm³/mol. The van der Waals surface area contributed by atoms with Gasteiger partial charge < -0.3 is 9.47 Å². The molecule has 2 aromatic rings. The number of nitrogens with one attached hydrogen (secondary N) is 1. The first-order valence-corrected chi connectivity index (χ1v) is 6.34. The third-order valence-corrected chi connectivity index (χ3v) is 3.33. The highest BCUT2D eigenvalue weighted by Gasteiger charge is 2.18. The van der Waals surface area contributed by atoms with Crippen LogP contribution in [0.2, 0.25) is 0 Å². The minimum Gasteiger partial charge on any atom is -0.337 e. The first-order valence-electron chi connectivity index (χ1n) is 6.34. The molecule has 8 nitrogen and oxygen atoms in total. The molecule has 1 amide bonds. The molecule has 0 aliphatic heterocycles. The summed E-state index contributed by atoms with van der Waals surface area (Å²) < 4.78 is 2.34. The van der Waals surface area contributed by atoms with E-state index in [0.717, 1.165) is 4.57 Å². The lowest BCUT2D eigenvalue weighted by Crippen LogP contribution is -2.40. The van der Waals surface area contributed by atoms with Crippen molar-refractivity contribution in [1.29, 1.82) is 0 Å². The molecule has 0 saturated heterocycles. The van der Waals surface area contributed by atoms with Gasteiger partial charge in [0.15, 0.2) is 0 Å². The average molecular weight is 291 g/mol. The van der Waals surface area contributed by atoms with Crippen molar-refractivity contribution in [2.24, 2.45) is 14.1 Å². The van der Waals surface area contributed by atoms with Gasteiger partial charge in [0.2, 0.25) is 0 Å². The zero-order chi connectivity index (χ0) is 15.7. The zero-order valence-corrected chi connectivity index (χ0v) is 12.4. The molecule has 1 N–H and O–H groups in total. The van der Waals surface area contributed by atoms with Crippen molar-refractivity contribution < 1.29 is 4.79 Å². The fraction of sp³-hybridized carbons (Fsp3) is 0.385. The smallest absolute Gasteiger partial charge is 0.330 e. The summed E-state index contributed by atoms with van der Waals surface area (Å²) in [5.41, 5.74) is 0.695. The quantitative estimate of drug-likeness (QED) is 0.816. The summed E-state index contributed by atoms with van der Waals surface area (Å²) in [6.45, 7) is 1.86. The highest BCUT2D eigenvalue weighted by molar-refractivity contribution is 5.94. The van der Waals surface area contributed by atoms with Crippen LogP contribution < -0.4 is 11.2 Å². The van der Waals surface area contributed by atoms with Gasteiger partial charge in [-0.05, 0) is 6.92 Å². The van der Waals surface area contributed by atoms with E-state index in [1.54, 1.807) is 21.0 Å². The molecule has 0 aromatic carbocycles. The van der Waals surface area contributed by atoms with Gasteiger partial charge in [-0.15, -0.1) is 0 Å². The lowest BCUT2D eigenvalue weighted by molar-refractivity contribution is 0.0783. The number of hydrogen-bond acceptors (Lipinski definition) is 4. The standard InChI is InChI=1S/C13H17N5O3/c1-8-10(5-14-15-8)12(20)16(2)6-9-7-17(3)13(21)18(4)11(9)19/h5,7H,6H2,1-4H3,(H,14,15). The molecule has 8 heteroatoms. The van der Waals surface area contributed by atoms with Crippen molar-refractivity contribution in [3.63, 3.8) is 0 Å². The summed E-state index contributed by atoms with van der Waals surface area (Å²) >= 11 is 0. The van der Waals surface area contributed by atoms with Gasteiger partial charge >= 0.3 is 5.69 Å². The van der Waals surface area contributed by atoms with Gasteiger partial charge in [-0.2, -0.15) is 5.10 Å². The summed E-state index contributed by atoms with van der Waals surface area (Å²) in [5, 5.41) is 6.50. The van der Waals surface area contributed by atoms with Crippen LogP contribution in [0.15, 0.2) is 22.0 Å². The highest BCUT2D eigenvalue weighted by Crippen LogP contribution is 2.08. The van der Waals surface area contributed by atoms with E-state index in [4.69, 9.17) is 0 Å². The van der Waals surface area contributed by atoms with E-state index in [1.807, 2.05) is 0 Å². The molecular formula is C13H17N5O3. The fourth-order valence-electron chi connectivity index (χ4n) is 2.09. The molecule has 2 aromatic heterocycles. The molecule has 0 atom stereocenters. The molecule has 0 unspecified atom stereocenters. The third kappa shape index (κ3) is 2.64. The van der Waals surface area contributed by atoms with Gasteiger partial charge in [0.05, 0.1) is 23.9 Å². The second kappa shape index (κ2) is 5.39. The summed E-state index contributed by atoms with van der Waals surface area (Å²) in [5.74, 6) is -0.239. The van der Waals surface area contributed by atoms with E-state index < -0.39 is 11.2 Å². The van der Waals surface area contributed by atoms with Gasteiger partial charge in [-0.3, -0.25) is 19.3 Å². The monoisotopic (exact) mass is 291 g/mol. The minimum absolute atomic E-state index is 0.115. The summed E-state index contributed by atoms with van der Waals surface area (Å²) in [7, 11) is 4.57. The average Bonchev–Trinajstić information content (AvgIpc) is 2.87. The molecule has 21 heavy (non-hydrogen) atoms. The predicted octanol–water partition coefficient (Wildman–Crippen LogP) is -0.612. The molecule has 0 aliphatic rings. The Kier molecular flexibility index (Phi) is 3.79. The minimum atomic E-state index is -0.401. The number of H-pyrrole nitrogens is 1. The summed E-state index contributed by atoms with van der Waals surface area (Å²) in [6, 6.07) is 0. The van der Waals surface area contributed by atoms with Crippen LogP contribution in [0.25, 0.3) is 0 Å². The molecule has 2 rings (SSSR count). The number of nitrogens with zero attached hydrogens (tertiary/aromatic N) is 4. The molecule has 0 fully saturated rings. The second-order valence-electron chi connectivity index (χ2n) is 4.98. The maximum absolute atomic E-state index is 12.3. The third-order valence-electron chi connectivity index (χ3n) is 3.33. The van der Waals surface area contributed by atoms with Crippen LogP contribution in [0.1, 0.15) is 21.6 Å². The Bertz CT molecular complexity index is 799. The van der Waals surface area contributed by atoms with Crippen LogP contribution in [0.3, 0.4) is 0 Å². The number of amides is 1. The van der Waals surface area contributed by atoms with Crippen LogP contribution in [-0.2, 0) is 20.6 Å². The maximum atomic E-state index is 12.3. The van der Waals surface area contributed by atoms with Crippen LogP contribution in [0.4, 0.5) is 0 Å². The molecule has 0 bridgehead atoms. The van der Waals surface area contributed by atoms with Gasteiger partial charge in [-0.1, -0.05) is 0 Å². The molecular weight excluding hydrogens is 274 g/mol. The van der Waals surface area contributed by atoms with Crippen molar-refractivity contribution in [2.45, 2.75) is 13.5 Å². The van der Waals surface area contributed by atoms with Crippen LogP contribution >= 0.6 is 0 Å². The van der Waals surface area contributed by atoms with E-state index in [-0.39, 0.29) is 12.5 Å². The largest absolute Gasteiger partial charge is 0.337 e. The first-order chi connectivity index (χ1) is 9.82. The number of carbonyl (C=O) groups is 1. The number of aromatic amines is 1. The Balaban J connectivity index is 2.31. The summed E-state index contributed by atoms with van der Waals surface area (Å²) in [4.78, 5) is 37.4. The van der Waals surface area contributed by atoms with E-state index >= 15 is 0 Å². The van der Waals surface area contributed by atoms with E-state index in [0.29, 0.717) is 16.8 Å². The van der Waals surface area contributed by atoms with Gasteiger partial charge in [-0.25, -0.2) is 4.79 Å². The van der Waals surface area contributed by atoms with Crippen LogP contribution in [-0.4, -0.2) is 37.2 Å². The molecule has 0 aliphatic carbocycles. The van der Waals surface area contributed by atoms with Crippen molar-refractivity contribution in [3.05, 3.63) is 50.1 Å². The van der Waals surface area contributed by atoms with Crippen molar-refractivity contribution in [3.8, 4) is 0 Å². The molecule has 0 saturated carbocycles. The Labute approximate surface area is 120 Å². The van der Waals surface area contributed by atoms with Crippen molar-refractivity contribution in [2.75, 3.05) is 7.05 Å². The number of carbonyl (C=O) groups excluding carboxylic acids is 1. The number of rotatable bonds is 3. The number of aromatic nitrogens is 4. The zero-order valence-electron chi connectivity index (χ0n) is 12.4. The number of aryl methyl sites for hydroxylation is 2.